The first-order valence-electron chi connectivity index (χ1n) is 9.02. The van der Waals surface area contributed by atoms with Gasteiger partial charge in [-0.25, -0.2) is 19.9 Å². The van der Waals surface area contributed by atoms with Crippen LogP contribution in [-0.4, -0.2) is 19.9 Å². The van der Waals surface area contributed by atoms with Gasteiger partial charge in [-0.2, -0.15) is 4.39 Å². The second kappa shape index (κ2) is 8.31. The number of nitrogens with zero attached hydrogens (tertiary/aromatic N) is 4. The minimum Gasteiger partial charge on any atom is -0.310 e. The Kier molecular flexibility index (Phi) is 5.60. The van der Waals surface area contributed by atoms with Crippen LogP contribution < -0.4 is 4.72 Å². The quantitative estimate of drug-likeness (QED) is 0.318. The van der Waals surface area contributed by atoms with Crippen LogP contribution in [0.15, 0.2) is 53.6 Å². The second-order valence-corrected chi connectivity index (χ2v) is 7.61. The maximum atomic E-state index is 13.4. The molecule has 29 heavy (non-hydrogen) atoms. The molecule has 0 spiro atoms. The topological polar surface area (TPSA) is 63.6 Å². The molecule has 0 radical (unpaired) electrons. The van der Waals surface area contributed by atoms with Crippen LogP contribution in [0.2, 0.25) is 5.02 Å². The summed E-state index contributed by atoms with van der Waals surface area (Å²) in [6, 6.07) is 13.4. The third-order valence-corrected chi connectivity index (χ3v) is 5.77. The fourth-order valence-corrected chi connectivity index (χ4v) is 3.89. The van der Waals surface area contributed by atoms with Gasteiger partial charge in [-0.05, 0) is 61.2 Å². The fraction of sp³-hybridized carbons (Fsp3) is 0.143. The lowest BCUT2D eigenvalue weighted by atomic mass is 10.1. The van der Waals surface area contributed by atoms with Crippen molar-refractivity contribution in [3.63, 3.8) is 0 Å². The molecule has 0 unspecified atom stereocenters. The number of anilines is 1. The highest BCUT2D eigenvalue weighted by Gasteiger charge is 2.12. The molecule has 0 amide bonds. The minimum absolute atomic E-state index is 0.545. The molecule has 3 heterocycles. The highest BCUT2D eigenvalue weighted by atomic mass is 35.5. The van der Waals surface area contributed by atoms with Crippen molar-refractivity contribution in [2.45, 2.75) is 25.2 Å². The average molecular weight is 426 g/mol. The monoisotopic (exact) mass is 425 g/mol. The molecular weight excluding hydrogens is 409 g/mol. The van der Waals surface area contributed by atoms with Crippen LogP contribution in [0.1, 0.15) is 18.2 Å². The van der Waals surface area contributed by atoms with E-state index in [1.54, 1.807) is 0 Å². The molecule has 4 rings (SSSR count). The van der Waals surface area contributed by atoms with Crippen LogP contribution in [-0.2, 0) is 6.42 Å². The highest BCUT2D eigenvalue weighted by molar-refractivity contribution is 8.00. The van der Waals surface area contributed by atoms with E-state index in [0.717, 1.165) is 33.2 Å². The molecule has 1 N–H and O–H groups in total. The van der Waals surface area contributed by atoms with Crippen molar-refractivity contribution in [1.82, 2.24) is 19.9 Å². The summed E-state index contributed by atoms with van der Waals surface area (Å²) in [5, 5.41) is 0.685. The van der Waals surface area contributed by atoms with Crippen molar-refractivity contribution < 1.29 is 4.39 Å². The molecule has 146 valence electrons. The Hall–Kier alpha value is -2.77. The largest absolute Gasteiger partial charge is 0.310 e. The first kappa shape index (κ1) is 19.5. The van der Waals surface area contributed by atoms with E-state index in [-0.39, 0.29) is 0 Å². The molecule has 0 aliphatic heterocycles. The number of benzene rings is 1. The van der Waals surface area contributed by atoms with Crippen LogP contribution >= 0.6 is 23.5 Å². The molecule has 8 heteroatoms. The maximum Gasteiger partial charge on any atom is 0.309 e. The summed E-state index contributed by atoms with van der Waals surface area (Å²) in [6.07, 6.45) is 1.38. The first-order chi connectivity index (χ1) is 14.0. The van der Waals surface area contributed by atoms with Crippen LogP contribution in [0.25, 0.3) is 22.3 Å². The Bertz CT molecular complexity index is 1200. The van der Waals surface area contributed by atoms with Crippen LogP contribution in [0.4, 0.5) is 10.2 Å². The van der Waals surface area contributed by atoms with E-state index in [9.17, 15) is 4.39 Å². The third-order valence-electron chi connectivity index (χ3n) is 4.44. The Balaban J connectivity index is 1.64. The van der Waals surface area contributed by atoms with Gasteiger partial charge in [0.25, 0.3) is 0 Å². The molecule has 1 aromatic carbocycles. The molecule has 0 saturated heterocycles. The number of halogens is 2. The summed E-state index contributed by atoms with van der Waals surface area (Å²) < 4.78 is 16.6. The van der Waals surface area contributed by atoms with Gasteiger partial charge in [-0.3, -0.25) is 0 Å². The minimum atomic E-state index is -0.744. The number of nitrogens with one attached hydrogen (secondary N) is 1. The van der Waals surface area contributed by atoms with Crippen LogP contribution in [0.3, 0.4) is 0 Å². The third kappa shape index (κ3) is 4.16. The zero-order chi connectivity index (χ0) is 20.4. The number of pyridine rings is 2. The van der Waals surface area contributed by atoms with Crippen molar-refractivity contribution in [3.8, 4) is 11.3 Å². The summed E-state index contributed by atoms with van der Waals surface area (Å²) in [5.41, 5.74) is 4.52. The molecule has 0 saturated carbocycles. The van der Waals surface area contributed by atoms with Gasteiger partial charge >= 0.3 is 6.08 Å². The van der Waals surface area contributed by atoms with Gasteiger partial charge in [-0.1, -0.05) is 30.7 Å². The first-order valence-corrected chi connectivity index (χ1v) is 10.2. The lowest BCUT2D eigenvalue weighted by Gasteiger charge is -2.11. The summed E-state index contributed by atoms with van der Waals surface area (Å²) in [5.74, 6) is 0.720. The molecular formula is C21H17ClFN5S. The van der Waals surface area contributed by atoms with Gasteiger partial charge in [0.2, 0.25) is 0 Å². The smallest absolute Gasteiger partial charge is 0.309 e. The lowest BCUT2D eigenvalue weighted by Crippen LogP contribution is -2.00. The molecule has 0 atom stereocenters. The molecule has 0 aliphatic carbocycles. The van der Waals surface area contributed by atoms with Crippen molar-refractivity contribution in [2.75, 3.05) is 4.72 Å². The average Bonchev–Trinajstić information content (AvgIpc) is 2.72. The number of aryl methyl sites for hydroxylation is 2. The number of fused-ring (bicyclic) bond motifs is 1. The number of hydrogen-bond acceptors (Lipinski definition) is 6. The standard InChI is InChI=1S/C21H17ClFN5S/c1-3-13-10-16(26-17-11-24-21(23)27-20(13)17)14-8-9-19(25-12(14)2)28-29-18-7-5-4-6-15(18)22/h4-11H,3H2,1-2H3,(H,25,28). The highest BCUT2D eigenvalue weighted by Crippen LogP contribution is 2.30. The number of aromatic nitrogens is 4. The van der Waals surface area contributed by atoms with Gasteiger partial charge < -0.3 is 4.72 Å². The van der Waals surface area contributed by atoms with Crippen molar-refractivity contribution in [3.05, 3.63) is 71.0 Å². The second-order valence-electron chi connectivity index (χ2n) is 6.36. The van der Waals surface area contributed by atoms with Gasteiger partial charge in [0, 0.05) is 16.2 Å². The Morgan fingerprint density at radius 3 is 2.69 bits per heavy atom. The predicted octanol–water partition coefficient (Wildman–Crippen LogP) is 5.87. The number of rotatable bonds is 5. The van der Waals surface area contributed by atoms with E-state index in [1.165, 1.54) is 18.1 Å². The van der Waals surface area contributed by atoms with E-state index in [0.29, 0.717) is 22.5 Å². The SMILES string of the molecule is CCc1cc(-c2ccc(NSc3ccccc3Cl)nc2C)nc2cnc(F)nc12. The zero-order valence-corrected chi connectivity index (χ0v) is 17.4. The molecule has 0 fully saturated rings. The van der Waals surface area contributed by atoms with Crippen molar-refractivity contribution in [2.24, 2.45) is 0 Å². The van der Waals surface area contributed by atoms with E-state index < -0.39 is 6.08 Å². The summed E-state index contributed by atoms with van der Waals surface area (Å²) >= 11 is 7.60. The zero-order valence-electron chi connectivity index (χ0n) is 15.8. The summed E-state index contributed by atoms with van der Waals surface area (Å²) in [4.78, 5) is 17.7. The van der Waals surface area contributed by atoms with E-state index in [2.05, 4.69) is 24.7 Å². The molecule has 0 bridgehead atoms. The lowest BCUT2D eigenvalue weighted by molar-refractivity contribution is 0.544. The van der Waals surface area contributed by atoms with Crippen LogP contribution in [0, 0.1) is 13.0 Å². The van der Waals surface area contributed by atoms with Gasteiger partial charge in [0.1, 0.15) is 11.3 Å². The molecule has 0 aliphatic rings. The Morgan fingerprint density at radius 1 is 1.10 bits per heavy atom. The summed E-state index contributed by atoms with van der Waals surface area (Å²) in [7, 11) is 0. The molecule has 3 aromatic heterocycles. The van der Waals surface area contributed by atoms with Gasteiger partial charge in [0.05, 0.1) is 22.4 Å². The van der Waals surface area contributed by atoms with Gasteiger partial charge in [0.15, 0.2) is 0 Å². The maximum absolute atomic E-state index is 13.4. The Morgan fingerprint density at radius 2 is 1.93 bits per heavy atom. The van der Waals surface area contributed by atoms with E-state index >= 15 is 0 Å². The fourth-order valence-electron chi connectivity index (χ4n) is 3.00. The molecule has 4 aromatic rings. The molecule has 5 nitrogen and oxygen atoms in total. The predicted molar refractivity (Wildman–Crippen MR) is 116 cm³/mol. The van der Waals surface area contributed by atoms with Crippen LogP contribution in [0.5, 0.6) is 0 Å². The van der Waals surface area contributed by atoms with Crippen molar-refractivity contribution in [1.29, 1.82) is 0 Å². The van der Waals surface area contributed by atoms with Crippen molar-refractivity contribution >= 4 is 40.4 Å². The Labute approximate surface area is 176 Å². The number of hydrogen-bond donors (Lipinski definition) is 1. The van der Waals surface area contributed by atoms with E-state index in [1.807, 2.05) is 56.3 Å². The summed E-state index contributed by atoms with van der Waals surface area (Å²) in [6.45, 7) is 3.93. The van der Waals surface area contributed by atoms with Gasteiger partial charge in [-0.15, -0.1) is 0 Å². The normalized spacial score (nSPS) is 11.0. The van der Waals surface area contributed by atoms with E-state index in [4.69, 9.17) is 11.6 Å².